The minimum atomic E-state index is -0.639. The van der Waals surface area contributed by atoms with E-state index >= 15 is 0 Å². The van der Waals surface area contributed by atoms with Crippen LogP contribution in [0.5, 0.6) is 0 Å². The second-order valence-electron chi connectivity index (χ2n) is 3.59. The van der Waals surface area contributed by atoms with Crippen LogP contribution in [0.2, 0.25) is 0 Å². The van der Waals surface area contributed by atoms with Crippen molar-refractivity contribution >= 4 is 5.71 Å². The summed E-state index contributed by atoms with van der Waals surface area (Å²) in [4.78, 5) is 4.30. The van der Waals surface area contributed by atoms with Crippen molar-refractivity contribution < 1.29 is 52.0 Å². The Hall–Kier alpha value is 1.15. The molecule has 0 saturated carbocycles. The van der Waals surface area contributed by atoms with E-state index < -0.39 is 5.60 Å². The van der Waals surface area contributed by atoms with Crippen molar-refractivity contribution in [2.75, 3.05) is 6.54 Å². The molecule has 3 heteroatoms. The van der Waals surface area contributed by atoms with E-state index in [1.54, 1.807) is 0 Å². The van der Waals surface area contributed by atoms with Crippen LogP contribution in [0.4, 0.5) is 0 Å². The quantitative estimate of drug-likeness (QED) is 0.728. The van der Waals surface area contributed by atoms with E-state index in [0.29, 0.717) is 0 Å². The van der Waals surface area contributed by atoms with Crippen LogP contribution >= 0.6 is 0 Å². The van der Waals surface area contributed by atoms with Gasteiger partial charge in [0, 0.05) is 59.2 Å². The summed E-state index contributed by atoms with van der Waals surface area (Å²) in [6, 6.07) is 0. The molecule has 0 spiro atoms. The second-order valence-corrected chi connectivity index (χ2v) is 3.59. The minimum absolute atomic E-state index is 0. The van der Waals surface area contributed by atoms with Crippen LogP contribution < -0.4 is 0 Å². The van der Waals surface area contributed by atoms with Crippen molar-refractivity contribution in [3.8, 4) is 0 Å². The number of hydrogen-bond acceptors (Lipinski definition) is 2. The maximum absolute atomic E-state index is 10.3. The molecule has 0 radical (unpaired) electrons. The van der Waals surface area contributed by atoms with E-state index in [2.05, 4.69) is 18.8 Å². The van der Waals surface area contributed by atoms with E-state index in [-0.39, 0.29) is 46.9 Å². The Balaban J connectivity index is 0. The zero-order valence-electron chi connectivity index (χ0n) is 9.70. The van der Waals surface area contributed by atoms with Crippen molar-refractivity contribution in [2.45, 2.75) is 59.0 Å². The van der Waals surface area contributed by atoms with Gasteiger partial charge in [0.05, 0.1) is 0 Å². The summed E-state index contributed by atoms with van der Waals surface area (Å²) in [5.41, 5.74) is 0.262. The molecule has 0 aliphatic heterocycles. The van der Waals surface area contributed by atoms with Gasteiger partial charge in [-0.25, -0.2) is 0 Å². The van der Waals surface area contributed by atoms with Crippen LogP contribution in [0, 0.1) is 46.9 Å². The largest absolute Gasteiger partial charge is 0.384 e. The van der Waals surface area contributed by atoms with E-state index in [0.717, 1.165) is 37.9 Å². The van der Waals surface area contributed by atoms with Gasteiger partial charge < -0.3 is 5.11 Å². The summed E-state index contributed by atoms with van der Waals surface area (Å²) in [5, 5.41) is 10.3. The van der Waals surface area contributed by atoms with Crippen molar-refractivity contribution in [1.29, 1.82) is 0 Å². The van der Waals surface area contributed by atoms with Crippen molar-refractivity contribution in [1.82, 2.24) is 0 Å². The third-order valence-corrected chi connectivity index (χ3v) is 2.40. The molecule has 0 saturated heterocycles. The predicted molar refractivity (Wildman–Crippen MR) is 58.4 cm³/mol. The number of aliphatic hydroxyl groups is 1. The second kappa shape index (κ2) is 9.38. The molecule has 14 heavy (non-hydrogen) atoms. The molecule has 1 N–H and O–H groups in total. The van der Waals surface area contributed by atoms with Gasteiger partial charge in [-0.3, -0.25) is 4.99 Å². The standard InChI is InChI=1S/C11H23NO.Yb/c1-5-8-11(13,9-6-2)10(4)12-7-3;/h13H,5-9H2,1-4H3;. The van der Waals surface area contributed by atoms with Gasteiger partial charge in [0.15, 0.2) is 0 Å². The smallest absolute Gasteiger partial charge is 0.102 e. The van der Waals surface area contributed by atoms with Gasteiger partial charge >= 0.3 is 0 Å². The van der Waals surface area contributed by atoms with Crippen molar-refractivity contribution in [2.24, 2.45) is 4.99 Å². The van der Waals surface area contributed by atoms with Gasteiger partial charge in [-0.2, -0.15) is 0 Å². The first-order valence-corrected chi connectivity index (χ1v) is 5.34. The summed E-state index contributed by atoms with van der Waals surface area (Å²) >= 11 is 0. The Bertz CT molecular complexity index is 163. The molecule has 0 fully saturated rings. The van der Waals surface area contributed by atoms with Gasteiger partial charge in [-0.15, -0.1) is 0 Å². The summed E-state index contributed by atoms with van der Waals surface area (Å²) in [6.07, 6.45) is 3.67. The molecule has 0 bridgehead atoms. The predicted octanol–water partition coefficient (Wildman–Crippen LogP) is 2.80. The molecule has 2 nitrogen and oxygen atoms in total. The number of hydrogen-bond donors (Lipinski definition) is 1. The Morgan fingerprint density at radius 1 is 1.14 bits per heavy atom. The third kappa shape index (κ3) is 5.89. The Morgan fingerprint density at radius 3 is 1.86 bits per heavy atom. The van der Waals surface area contributed by atoms with Gasteiger partial charge in [-0.05, 0) is 26.7 Å². The van der Waals surface area contributed by atoms with Crippen LogP contribution in [0.25, 0.3) is 0 Å². The molecule has 0 aliphatic carbocycles. The minimum Gasteiger partial charge on any atom is -0.384 e. The maximum Gasteiger partial charge on any atom is 0.102 e. The Morgan fingerprint density at radius 2 is 1.57 bits per heavy atom. The fourth-order valence-electron chi connectivity index (χ4n) is 1.70. The zero-order chi connectivity index (χ0) is 10.3. The number of aliphatic imine (C=N–C) groups is 1. The SMILES string of the molecule is CCCC(O)(CCC)C(C)=NCC.[Yb]. The van der Waals surface area contributed by atoms with E-state index in [1.807, 2.05) is 13.8 Å². The normalized spacial score (nSPS) is 12.5. The van der Waals surface area contributed by atoms with Crippen LogP contribution in [0.3, 0.4) is 0 Å². The third-order valence-electron chi connectivity index (χ3n) is 2.40. The van der Waals surface area contributed by atoms with E-state index in [1.165, 1.54) is 0 Å². The van der Waals surface area contributed by atoms with Crippen LogP contribution in [0.15, 0.2) is 4.99 Å². The van der Waals surface area contributed by atoms with Crippen molar-refractivity contribution in [3.05, 3.63) is 0 Å². The molecule has 0 unspecified atom stereocenters. The Kier molecular flexibility index (Phi) is 11.8. The molecule has 0 rings (SSSR count). The topological polar surface area (TPSA) is 32.6 Å². The first kappa shape index (κ1) is 17.5. The molecule has 92 valence electrons. The van der Waals surface area contributed by atoms with Crippen LogP contribution in [-0.4, -0.2) is 23.0 Å². The maximum atomic E-state index is 10.3. The molecular formula is C11H23NOYb. The van der Waals surface area contributed by atoms with E-state index in [9.17, 15) is 5.11 Å². The summed E-state index contributed by atoms with van der Waals surface area (Å²) in [6.45, 7) is 8.90. The summed E-state index contributed by atoms with van der Waals surface area (Å²) in [7, 11) is 0. The Labute approximate surface area is 127 Å². The average molecular weight is 358 g/mol. The van der Waals surface area contributed by atoms with Crippen LogP contribution in [0.1, 0.15) is 53.4 Å². The molecule has 0 aromatic carbocycles. The molecule has 0 heterocycles. The number of rotatable bonds is 6. The molecule has 0 aromatic heterocycles. The van der Waals surface area contributed by atoms with Crippen molar-refractivity contribution in [3.63, 3.8) is 0 Å². The average Bonchev–Trinajstić information content (AvgIpc) is 2.05. The molecule has 0 amide bonds. The van der Waals surface area contributed by atoms with Gasteiger partial charge in [0.2, 0.25) is 0 Å². The first-order valence-electron chi connectivity index (χ1n) is 5.34. The summed E-state index contributed by atoms with van der Waals surface area (Å²) in [5.74, 6) is 0. The van der Waals surface area contributed by atoms with Gasteiger partial charge in [0.25, 0.3) is 0 Å². The molecule has 0 aromatic rings. The molecule has 0 atom stereocenters. The van der Waals surface area contributed by atoms with Crippen LogP contribution in [-0.2, 0) is 0 Å². The zero-order valence-corrected chi connectivity index (χ0v) is 11.4. The summed E-state index contributed by atoms with van der Waals surface area (Å²) < 4.78 is 0. The molecule has 0 aliphatic rings. The molecular weight excluding hydrogens is 335 g/mol. The fourth-order valence-corrected chi connectivity index (χ4v) is 1.70. The van der Waals surface area contributed by atoms with Gasteiger partial charge in [0.1, 0.15) is 5.60 Å². The number of nitrogens with zero attached hydrogens (tertiary/aromatic N) is 1. The monoisotopic (exact) mass is 359 g/mol. The van der Waals surface area contributed by atoms with E-state index in [4.69, 9.17) is 0 Å². The first-order chi connectivity index (χ1) is 6.10. The fraction of sp³-hybridized carbons (Fsp3) is 0.909. The van der Waals surface area contributed by atoms with Gasteiger partial charge in [-0.1, -0.05) is 26.7 Å².